The van der Waals surface area contributed by atoms with Gasteiger partial charge in [-0.1, -0.05) is 25.8 Å². The third-order valence-electron chi connectivity index (χ3n) is 2.01. The van der Waals surface area contributed by atoms with Crippen LogP contribution in [0, 0.1) is 5.92 Å². The molecule has 1 heteroatoms. The monoisotopic (exact) mass is 155 g/mol. The zero-order chi connectivity index (χ0) is 8.53. The van der Waals surface area contributed by atoms with Crippen molar-refractivity contribution in [3.63, 3.8) is 0 Å². The molecule has 0 aliphatic heterocycles. The third-order valence-corrected chi connectivity index (χ3v) is 2.01. The minimum absolute atomic E-state index is 0.707. The molecule has 66 valence electrons. The third kappa shape index (κ3) is 7.60. The molecule has 0 aromatic rings. The fourth-order valence-corrected chi connectivity index (χ4v) is 1.08. The first-order valence-corrected chi connectivity index (χ1v) is 4.62. The maximum atomic E-state index is 5.50. The van der Waals surface area contributed by atoms with E-state index >= 15 is 0 Å². The van der Waals surface area contributed by atoms with Gasteiger partial charge in [-0.25, -0.2) is 0 Å². The predicted octanol–water partition coefficient (Wildman–Crippen LogP) is 2.72. The fourth-order valence-electron chi connectivity index (χ4n) is 1.08. The van der Waals surface area contributed by atoms with Crippen LogP contribution >= 0.6 is 0 Å². The summed E-state index contributed by atoms with van der Waals surface area (Å²) in [6.45, 7) is 6.74. The summed E-state index contributed by atoms with van der Waals surface area (Å²) in [5, 5.41) is 0. The van der Waals surface area contributed by atoms with E-state index < -0.39 is 0 Å². The first-order chi connectivity index (χ1) is 5.31. The van der Waals surface area contributed by atoms with E-state index in [1.165, 1.54) is 25.7 Å². The maximum absolute atomic E-state index is 5.50. The lowest BCUT2D eigenvalue weighted by molar-refractivity contribution is 0.501. The van der Waals surface area contributed by atoms with Crippen LogP contribution in [0.5, 0.6) is 0 Å². The van der Waals surface area contributed by atoms with Gasteiger partial charge in [-0.05, 0) is 31.7 Å². The molecule has 0 aromatic carbocycles. The molecular weight excluding hydrogens is 134 g/mol. The average molecular weight is 155 g/mol. The summed E-state index contributed by atoms with van der Waals surface area (Å²) in [5.74, 6) is 0.707. The Morgan fingerprint density at radius 3 is 2.64 bits per heavy atom. The van der Waals surface area contributed by atoms with E-state index in [2.05, 4.69) is 13.5 Å². The Labute approximate surface area is 70.7 Å². The normalized spacial score (nSPS) is 12.9. The fraction of sp³-hybridized carbons (Fsp3) is 0.800. The minimum atomic E-state index is 0.707. The van der Waals surface area contributed by atoms with Crippen molar-refractivity contribution in [1.82, 2.24) is 0 Å². The Bertz CT molecular complexity index is 88.9. The van der Waals surface area contributed by atoms with Gasteiger partial charge >= 0.3 is 0 Å². The second-order valence-corrected chi connectivity index (χ2v) is 3.27. The molecule has 0 amide bonds. The molecule has 0 radical (unpaired) electrons. The summed E-state index contributed by atoms with van der Waals surface area (Å²) < 4.78 is 0. The first-order valence-electron chi connectivity index (χ1n) is 4.62. The van der Waals surface area contributed by atoms with E-state index in [0.29, 0.717) is 5.92 Å². The molecule has 0 rings (SSSR count). The Morgan fingerprint density at radius 2 is 2.09 bits per heavy atom. The molecule has 1 atom stereocenters. The van der Waals surface area contributed by atoms with Crippen LogP contribution in [0.2, 0.25) is 0 Å². The van der Waals surface area contributed by atoms with Crippen molar-refractivity contribution in [1.29, 1.82) is 0 Å². The SMILES string of the molecule is C=CCCCCCC(C)CN. The average Bonchev–Trinajstić information content (AvgIpc) is 2.04. The van der Waals surface area contributed by atoms with Crippen molar-refractivity contribution in [2.24, 2.45) is 11.7 Å². The highest BCUT2D eigenvalue weighted by Crippen LogP contribution is 2.08. The van der Waals surface area contributed by atoms with Crippen LogP contribution in [0.3, 0.4) is 0 Å². The second-order valence-electron chi connectivity index (χ2n) is 3.27. The summed E-state index contributed by atoms with van der Waals surface area (Å²) in [5.41, 5.74) is 5.50. The lowest BCUT2D eigenvalue weighted by Crippen LogP contribution is -2.10. The zero-order valence-electron chi connectivity index (χ0n) is 7.68. The van der Waals surface area contributed by atoms with Gasteiger partial charge in [0.2, 0.25) is 0 Å². The summed E-state index contributed by atoms with van der Waals surface area (Å²) in [7, 11) is 0. The molecule has 0 aliphatic carbocycles. The Hall–Kier alpha value is -0.300. The summed E-state index contributed by atoms with van der Waals surface area (Å²) in [6, 6.07) is 0. The number of hydrogen-bond acceptors (Lipinski definition) is 1. The maximum Gasteiger partial charge on any atom is -0.00515 e. The van der Waals surface area contributed by atoms with Crippen molar-refractivity contribution in [2.75, 3.05) is 6.54 Å². The molecule has 1 nitrogen and oxygen atoms in total. The molecule has 0 saturated heterocycles. The lowest BCUT2D eigenvalue weighted by Gasteiger charge is -2.06. The van der Waals surface area contributed by atoms with Gasteiger partial charge in [0, 0.05) is 0 Å². The number of nitrogens with two attached hydrogens (primary N) is 1. The van der Waals surface area contributed by atoms with Gasteiger partial charge in [-0.2, -0.15) is 0 Å². The number of unbranched alkanes of at least 4 members (excludes halogenated alkanes) is 3. The highest BCUT2D eigenvalue weighted by Gasteiger charge is 1.97. The molecule has 0 bridgehead atoms. The highest BCUT2D eigenvalue weighted by molar-refractivity contribution is 4.65. The van der Waals surface area contributed by atoms with Crippen molar-refractivity contribution in [3.8, 4) is 0 Å². The van der Waals surface area contributed by atoms with Gasteiger partial charge in [0.25, 0.3) is 0 Å². The van der Waals surface area contributed by atoms with Crippen LogP contribution < -0.4 is 5.73 Å². The number of hydrogen-bond donors (Lipinski definition) is 1. The lowest BCUT2D eigenvalue weighted by atomic mass is 10.0. The van der Waals surface area contributed by atoms with Crippen molar-refractivity contribution >= 4 is 0 Å². The van der Waals surface area contributed by atoms with Crippen LogP contribution in [-0.4, -0.2) is 6.54 Å². The Kier molecular flexibility index (Phi) is 7.59. The number of rotatable bonds is 7. The van der Waals surface area contributed by atoms with E-state index in [-0.39, 0.29) is 0 Å². The van der Waals surface area contributed by atoms with Crippen molar-refractivity contribution < 1.29 is 0 Å². The Balaban J connectivity index is 2.95. The van der Waals surface area contributed by atoms with Gasteiger partial charge in [0.05, 0.1) is 0 Å². The van der Waals surface area contributed by atoms with Gasteiger partial charge in [0.15, 0.2) is 0 Å². The minimum Gasteiger partial charge on any atom is -0.330 e. The summed E-state index contributed by atoms with van der Waals surface area (Å²) >= 11 is 0. The molecule has 0 aliphatic rings. The topological polar surface area (TPSA) is 26.0 Å². The molecule has 0 saturated carbocycles. The predicted molar refractivity (Wildman–Crippen MR) is 51.5 cm³/mol. The Morgan fingerprint density at radius 1 is 1.36 bits per heavy atom. The molecule has 0 spiro atoms. The van der Waals surface area contributed by atoms with Gasteiger partial charge in [0.1, 0.15) is 0 Å². The standard InChI is InChI=1S/C10H21N/c1-3-4-5-6-7-8-10(2)9-11/h3,10H,1,4-9,11H2,2H3. The van der Waals surface area contributed by atoms with Crippen LogP contribution in [0.25, 0.3) is 0 Å². The smallest absolute Gasteiger partial charge is 0.00515 e. The van der Waals surface area contributed by atoms with Gasteiger partial charge < -0.3 is 5.73 Å². The molecule has 0 aromatic heterocycles. The zero-order valence-corrected chi connectivity index (χ0v) is 7.68. The summed E-state index contributed by atoms with van der Waals surface area (Å²) in [4.78, 5) is 0. The van der Waals surface area contributed by atoms with E-state index in [1.54, 1.807) is 0 Å². The second kappa shape index (κ2) is 7.80. The first kappa shape index (κ1) is 10.7. The highest BCUT2D eigenvalue weighted by atomic mass is 14.5. The van der Waals surface area contributed by atoms with Crippen LogP contribution in [0.15, 0.2) is 12.7 Å². The van der Waals surface area contributed by atoms with E-state index in [4.69, 9.17) is 5.73 Å². The molecule has 0 fully saturated rings. The molecular formula is C10H21N. The van der Waals surface area contributed by atoms with Crippen molar-refractivity contribution in [3.05, 3.63) is 12.7 Å². The van der Waals surface area contributed by atoms with Crippen LogP contribution in [0.1, 0.15) is 39.0 Å². The van der Waals surface area contributed by atoms with Gasteiger partial charge in [-0.3, -0.25) is 0 Å². The summed E-state index contributed by atoms with van der Waals surface area (Å²) in [6.07, 6.45) is 8.39. The largest absolute Gasteiger partial charge is 0.330 e. The molecule has 0 heterocycles. The van der Waals surface area contributed by atoms with Crippen LogP contribution in [-0.2, 0) is 0 Å². The van der Waals surface area contributed by atoms with Crippen molar-refractivity contribution in [2.45, 2.75) is 39.0 Å². The van der Waals surface area contributed by atoms with E-state index in [0.717, 1.165) is 13.0 Å². The van der Waals surface area contributed by atoms with Gasteiger partial charge in [-0.15, -0.1) is 6.58 Å². The van der Waals surface area contributed by atoms with Crippen LogP contribution in [0.4, 0.5) is 0 Å². The number of allylic oxidation sites excluding steroid dienone is 1. The van der Waals surface area contributed by atoms with E-state index in [9.17, 15) is 0 Å². The molecule has 1 unspecified atom stereocenters. The van der Waals surface area contributed by atoms with E-state index in [1.807, 2.05) is 6.08 Å². The molecule has 11 heavy (non-hydrogen) atoms. The quantitative estimate of drug-likeness (QED) is 0.444. The molecule has 2 N–H and O–H groups in total.